The lowest BCUT2D eigenvalue weighted by Crippen LogP contribution is -2.48. The van der Waals surface area contributed by atoms with Crippen molar-refractivity contribution in [1.29, 1.82) is 0 Å². The molecule has 5 heteroatoms. The molecule has 17 heavy (non-hydrogen) atoms. The van der Waals surface area contributed by atoms with Crippen LogP contribution >= 0.6 is 11.8 Å². The molecule has 0 amide bonds. The van der Waals surface area contributed by atoms with Crippen LogP contribution in [0.25, 0.3) is 0 Å². The van der Waals surface area contributed by atoms with Crippen LogP contribution in [0.5, 0.6) is 0 Å². The lowest BCUT2D eigenvalue weighted by molar-refractivity contribution is 0.387. The lowest BCUT2D eigenvalue weighted by Gasteiger charge is -2.35. The molecule has 1 aromatic rings. The third-order valence-corrected chi connectivity index (χ3v) is 4.06. The van der Waals surface area contributed by atoms with Gasteiger partial charge in [0.2, 0.25) is 0 Å². The van der Waals surface area contributed by atoms with Gasteiger partial charge in [0.1, 0.15) is 11.5 Å². The second kappa shape index (κ2) is 5.12. The highest BCUT2D eigenvalue weighted by Crippen LogP contribution is 2.25. The van der Waals surface area contributed by atoms with E-state index < -0.39 is 0 Å². The number of nitrogens with one attached hydrogen (secondary N) is 1. The molecule has 1 atom stereocenters. The molecule has 1 fully saturated rings. The van der Waals surface area contributed by atoms with E-state index in [0.717, 1.165) is 28.8 Å². The maximum atomic E-state index is 5.02. The van der Waals surface area contributed by atoms with Gasteiger partial charge >= 0.3 is 0 Å². The Morgan fingerprint density at radius 1 is 1.65 bits per heavy atom. The molecule has 1 aliphatic heterocycles. The van der Waals surface area contributed by atoms with Crippen molar-refractivity contribution in [3.63, 3.8) is 0 Å². The second-order valence-electron chi connectivity index (χ2n) is 4.69. The zero-order valence-corrected chi connectivity index (χ0v) is 11.4. The highest BCUT2D eigenvalue weighted by molar-refractivity contribution is 8.13. The van der Waals surface area contributed by atoms with Crippen LogP contribution in [-0.4, -0.2) is 21.6 Å². The maximum absolute atomic E-state index is 5.02. The average Bonchev–Trinajstić information content (AvgIpc) is 2.73. The van der Waals surface area contributed by atoms with Crippen LogP contribution in [0.15, 0.2) is 15.6 Å². The summed E-state index contributed by atoms with van der Waals surface area (Å²) < 4.78 is 5.02. The molecule has 4 nitrogen and oxygen atoms in total. The molecule has 94 valence electrons. The molecule has 1 aromatic heterocycles. The van der Waals surface area contributed by atoms with Gasteiger partial charge in [-0.15, -0.1) is 0 Å². The van der Waals surface area contributed by atoms with E-state index in [1.807, 2.05) is 13.0 Å². The Labute approximate surface area is 106 Å². The summed E-state index contributed by atoms with van der Waals surface area (Å²) in [7, 11) is 0. The summed E-state index contributed by atoms with van der Waals surface area (Å²) in [5, 5.41) is 8.48. The molecule has 0 spiro atoms. The molecule has 0 radical (unpaired) electrons. The number of aliphatic imine (C=N–C) groups is 1. The molecular formula is C12H19N3OS. The van der Waals surface area contributed by atoms with Crippen molar-refractivity contribution in [3.05, 3.63) is 17.5 Å². The third-order valence-electron chi connectivity index (χ3n) is 3.14. The number of aromatic nitrogens is 1. The first-order valence-electron chi connectivity index (χ1n) is 5.99. The lowest BCUT2D eigenvalue weighted by atomic mass is 9.96. The highest BCUT2D eigenvalue weighted by atomic mass is 32.2. The minimum Gasteiger partial charge on any atom is -0.361 e. The minimum absolute atomic E-state index is 0.198. The topological polar surface area (TPSA) is 50.4 Å². The van der Waals surface area contributed by atoms with E-state index in [1.165, 1.54) is 6.42 Å². The summed E-state index contributed by atoms with van der Waals surface area (Å²) in [6.07, 6.45) is 2.31. The quantitative estimate of drug-likeness (QED) is 0.900. The summed E-state index contributed by atoms with van der Waals surface area (Å²) in [5.74, 6) is 1.97. The first kappa shape index (κ1) is 12.5. The molecule has 2 heterocycles. The number of amidine groups is 1. The van der Waals surface area contributed by atoms with E-state index in [0.29, 0.717) is 6.54 Å². The van der Waals surface area contributed by atoms with Crippen LogP contribution < -0.4 is 5.32 Å². The predicted octanol–water partition coefficient (Wildman–Crippen LogP) is 2.73. The zero-order valence-electron chi connectivity index (χ0n) is 10.6. The first-order chi connectivity index (χ1) is 8.11. The Balaban J connectivity index is 1.97. The van der Waals surface area contributed by atoms with Crippen molar-refractivity contribution in [2.24, 2.45) is 4.99 Å². The van der Waals surface area contributed by atoms with Crippen LogP contribution in [0.4, 0.5) is 0 Å². The third kappa shape index (κ3) is 3.25. The number of nitrogens with zero attached hydrogens (tertiary/aromatic N) is 2. The molecule has 0 saturated carbocycles. The van der Waals surface area contributed by atoms with Crippen LogP contribution in [0, 0.1) is 6.92 Å². The fourth-order valence-electron chi connectivity index (χ4n) is 1.73. The number of thioether (sulfide) groups is 1. The Kier molecular flexibility index (Phi) is 3.76. The van der Waals surface area contributed by atoms with Crippen molar-refractivity contribution in [2.75, 3.05) is 5.75 Å². The van der Waals surface area contributed by atoms with E-state index in [-0.39, 0.29) is 5.54 Å². The smallest absolute Gasteiger partial charge is 0.157 e. The fraction of sp³-hybridized carbons (Fsp3) is 0.667. The van der Waals surface area contributed by atoms with Crippen LogP contribution in [0.2, 0.25) is 0 Å². The maximum Gasteiger partial charge on any atom is 0.157 e. The van der Waals surface area contributed by atoms with Crippen molar-refractivity contribution < 1.29 is 4.52 Å². The zero-order chi connectivity index (χ0) is 12.3. The summed E-state index contributed by atoms with van der Waals surface area (Å²) in [6.45, 7) is 6.95. The van der Waals surface area contributed by atoms with Gasteiger partial charge in [0, 0.05) is 17.4 Å². The summed E-state index contributed by atoms with van der Waals surface area (Å²) in [4.78, 5) is 4.56. The molecule has 0 aliphatic carbocycles. The molecular weight excluding hydrogens is 234 g/mol. The Morgan fingerprint density at radius 3 is 3.12 bits per heavy atom. The first-order valence-corrected chi connectivity index (χ1v) is 6.97. The van der Waals surface area contributed by atoms with Gasteiger partial charge in [0.25, 0.3) is 0 Å². The number of hydrogen-bond donors (Lipinski definition) is 1. The van der Waals surface area contributed by atoms with Gasteiger partial charge in [-0.05, 0) is 26.7 Å². The SMILES string of the molecule is CCC1(C)CCSC(=NCc2cc(C)on2)N1. The van der Waals surface area contributed by atoms with Crippen molar-refractivity contribution in [3.8, 4) is 0 Å². The van der Waals surface area contributed by atoms with Crippen LogP contribution in [0.1, 0.15) is 38.1 Å². The Morgan fingerprint density at radius 2 is 2.47 bits per heavy atom. The number of hydrogen-bond acceptors (Lipinski definition) is 4. The fourth-order valence-corrected chi connectivity index (χ4v) is 2.95. The van der Waals surface area contributed by atoms with Crippen LogP contribution in [-0.2, 0) is 6.54 Å². The Bertz CT molecular complexity index is 416. The number of aryl methyl sites for hydroxylation is 1. The van der Waals surface area contributed by atoms with Gasteiger partial charge in [-0.1, -0.05) is 23.8 Å². The van der Waals surface area contributed by atoms with E-state index in [4.69, 9.17) is 4.52 Å². The van der Waals surface area contributed by atoms with Gasteiger partial charge in [0.05, 0.1) is 6.54 Å². The van der Waals surface area contributed by atoms with E-state index in [1.54, 1.807) is 11.8 Å². The average molecular weight is 253 g/mol. The monoisotopic (exact) mass is 253 g/mol. The normalized spacial score (nSPS) is 27.1. The van der Waals surface area contributed by atoms with Gasteiger partial charge < -0.3 is 9.84 Å². The molecule has 2 rings (SSSR count). The van der Waals surface area contributed by atoms with E-state index in [9.17, 15) is 0 Å². The van der Waals surface area contributed by atoms with Crippen LogP contribution in [0.3, 0.4) is 0 Å². The van der Waals surface area contributed by atoms with Gasteiger partial charge in [-0.3, -0.25) is 4.99 Å². The summed E-state index contributed by atoms with van der Waals surface area (Å²) >= 11 is 1.79. The highest BCUT2D eigenvalue weighted by Gasteiger charge is 2.27. The van der Waals surface area contributed by atoms with E-state index >= 15 is 0 Å². The van der Waals surface area contributed by atoms with E-state index in [2.05, 4.69) is 29.3 Å². The summed E-state index contributed by atoms with van der Waals surface area (Å²) in [6, 6.07) is 1.93. The van der Waals surface area contributed by atoms with Crippen molar-refractivity contribution in [2.45, 2.75) is 45.7 Å². The van der Waals surface area contributed by atoms with Gasteiger partial charge in [-0.2, -0.15) is 0 Å². The molecule has 0 aromatic carbocycles. The Hall–Kier alpha value is -0.970. The molecule has 1 aliphatic rings. The van der Waals surface area contributed by atoms with Crippen molar-refractivity contribution in [1.82, 2.24) is 10.5 Å². The van der Waals surface area contributed by atoms with Gasteiger partial charge in [0.15, 0.2) is 5.17 Å². The van der Waals surface area contributed by atoms with Gasteiger partial charge in [-0.25, -0.2) is 0 Å². The predicted molar refractivity (Wildman–Crippen MR) is 71.3 cm³/mol. The second-order valence-corrected chi connectivity index (χ2v) is 5.77. The largest absolute Gasteiger partial charge is 0.361 e. The van der Waals surface area contributed by atoms with Crippen molar-refractivity contribution >= 4 is 16.9 Å². The minimum atomic E-state index is 0.198. The standard InChI is InChI=1S/C12H19N3OS/c1-4-12(3)5-6-17-11(14-12)13-8-10-7-9(2)16-15-10/h7H,4-6,8H2,1-3H3,(H,13,14). The molecule has 1 unspecified atom stereocenters. The molecule has 0 bridgehead atoms. The molecule has 1 saturated heterocycles. The molecule has 1 N–H and O–H groups in total. The number of rotatable bonds is 3. The summed E-state index contributed by atoms with van der Waals surface area (Å²) in [5.41, 5.74) is 1.09.